The zero-order valence-corrected chi connectivity index (χ0v) is 13.2. The maximum atomic E-state index is 11.4. The van der Waals surface area contributed by atoms with Gasteiger partial charge in [-0.3, -0.25) is 4.21 Å². The van der Waals surface area contributed by atoms with Crippen molar-refractivity contribution >= 4 is 27.8 Å². The van der Waals surface area contributed by atoms with Crippen LogP contribution in [0.2, 0.25) is 0 Å². The first-order valence-corrected chi connectivity index (χ1v) is 8.78. The number of aromatic nitrogens is 2. The molecule has 0 bridgehead atoms. The van der Waals surface area contributed by atoms with Crippen LogP contribution in [-0.4, -0.2) is 36.8 Å². The van der Waals surface area contributed by atoms with Crippen molar-refractivity contribution in [3.63, 3.8) is 0 Å². The van der Waals surface area contributed by atoms with Gasteiger partial charge in [0.2, 0.25) is 0 Å². The molecule has 1 unspecified atom stereocenters. The summed E-state index contributed by atoms with van der Waals surface area (Å²) in [5.41, 5.74) is 1.67. The highest BCUT2D eigenvalue weighted by Crippen LogP contribution is 2.22. The van der Waals surface area contributed by atoms with Crippen LogP contribution in [0.1, 0.15) is 35.9 Å². The van der Waals surface area contributed by atoms with E-state index in [2.05, 4.69) is 11.9 Å². The van der Waals surface area contributed by atoms with Crippen LogP contribution in [0, 0.1) is 0 Å². The van der Waals surface area contributed by atoms with Crippen LogP contribution in [-0.2, 0) is 23.8 Å². The summed E-state index contributed by atoms with van der Waals surface area (Å²) in [6, 6.07) is 5.17. The van der Waals surface area contributed by atoms with Crippen LogP contribution < -0.4 is 0 Å². The van der Waals surface area contributed by atoms with Crippen LogP contribution in [0.15, 0.2) is 18.2 Å². The van der Waals surface area contributed by atoms with Gasteiger partial charge in [-0.15, -0.1) is 0 Å². The summed E-state index contributed by atoms with van der Waals surface area (Å²) in [7, 11) is -0.835. The van der Waals surface area contributed by atoms with E-state index < -0.39 is 16.8 Å². The molecule has 0 aliphatic rings. The number of carboxylic acid groups (broad SMARTS) is 1. The first kappa shape index (κ1) is 15.7. The molecule has 114 valence electrons. The van der Waals surface area contributed by atoms with Gasteiger partial charge < -0.3 is 9.67 Å². The fourth-order valence-corrected chi connectivity index (χ4v) is 3.02. The van der Waals surface area contributed by atoms with E-state index in [4.69, 9.17) is 0 Å². The van der Waals surface area contributed by atoms with Crippen LogP contribution >= 0.6 is 0 Å². The number of carbonyl (C=O) groups is 1. The molecule has 2 rings (SSSR count). The molecule has 2 aromatic rings. The molecule has 0 aliphatic carbocycles. The maximum absolute atomic E-state index is 11.4. The first-order valence-electron chi connectivity index (χ1n) is 7.06. The molecule has 0 fully saturated rings. The predicted octanol–water partition coefficient (Wildman–Crippen LogP) is 2.46. The molecular weight excluding hydrogens is 288 g/mol. The maximum Gasteiger partial charge on any atom is 0.337 e. The number of benzene rings is 1. The third kappa shape index (κ3) is 3.50. The summed E-state index contributed by atoms with van der Waals surface area (Å²) in [5.74, 6) is 0.576. The molecular formula is C15H20N2O3S. The highest BCUT2D eigenvalue weighted by Gasteiger charge is 2.17. The first-order chi connectivity index (χ1) is 10.0. The summed E-state index contributed by atoms with van der Waals surface area (Å²) in [4.78, 5) is 16.0. The van der Waals surface area contributed by atoms with Crippen molar-refractivity contribution < 1.29 is 14.1 Å². The minimum Gasteiger partial charge on any atom is -0.478 e. The Labute approximate surface area is 126 Å². The Morgan fingerprint density at radius 3 is 2.81 bits per heavy atom. The lowest BCUT2D eigenvalue weighted by Gasteiger charge is -2.09. The number of rotatable bonds is 7. The number of hydrogen-bond acceptors (Lipinski definition) is 3. The molecule has 1 N–H and O–H groups in total. The van der Waals surface area contributed by atoms with Gasteiger partial charge in [0.05, 0.1) is 16.6 Å². The van der Waals surface area contributed by atoms with Crippen molar-refractivity contribution in [1.82, 2.24) is 9.55 Å². The SMILES string of the molecule is CCCc1nc2cccc(C(=O)O)c2n1CCCS(C)=O. The predicted molar refractivity (Wildman–Crippen MR) is 84.2 cm³/mol. The lowest BCUT2D eigenvalue weighted by Crippen LogP contribution is -2.09. The van der Waals surface area contributed by atoms with Gasteiger partial charge in [-0.25, -0.2) is 9.78 Å². The second-order valence-electron chi connectivity index (χ2n) is 5.04. The second-order valence-corrected chi connectivity index (χ2v) is 6.59. The van der Waals surface area contributed by atoms with Gasteiger partial charge in [0.1, 0.15) is 5.82 Å². The summed E-state index contributed by atoms with van der Waals surface area (Å²) in [5, 5.41) is 9.37. The fraction of sp³-hybridized carbons (Fsp3) is 0.467. The zero-order chi connectivity index (χ0) is 15.4. The van der Waals surface area contributed by atoms with Crippen LogP contribution in [0.5, 0.6) is 0 Å². The van der Waals surface area contributed by atoms with Crippen molar-refractivity contribution in [1.29, 1.82) is 0 Å². The number of nitrogens with zero attached hydrogens (tertiary/aromatic N) is 2. The molecule has 0 spiro atoms. The van der Waals surface area contributed by atoms with Crippen molar-refractivity contribution in [3.8, 4) is 0 Å². The molecule has 1 aromatic carbocycles. The highest BCUT2D eigenvalue weighted by atomic mass is 32.2. The van der Waals surface area contributed by atoms with E-state index in [-0.39, 0.29) is 5.56 Å². The van der Waals surface area contributed by atoms with E-state index in [1.807, 2.05) is 10.6 Å². The highest BCUT2D eigenvalue weighted by molar-refractivity contribution is 7.84. The minimum atomic E-state index is -0.941. The number of para-hydroxylation sites is 1. The number of carboxylic acids is 1. The number of hydrogen-bond donors (Lipinski definition) is 1. The number of fused-ring (bicyclic) bond motifs is 1. The van der Waals surface area contributed by atoms with E-state index >= 15 is 0 Å². The fourth-order valence-electron chi connectivity index (χ4n) is 2.49. The van der Waals surface area contributed by atoms with Gasteiger partial charge in [0.15, 0.2) is 0 Å². The Morgan fingerprint density at radius 1 is 1.43 bits per heavy atom. The molecule has 6 heteroatoms. The zero-order valence-electron chi connectivity index (χ0n) is 12.3. The van der Waals surface area contributed by atoms with Gasteiger partial charge in [0.25, 0.3) is 0 Å². The Hall–Kier alpha value is -1.69. The Kier molecular flexibility index (Phi) is 5.12. The van der Waals surface area contributed by atoms with Crippen molar-refractivity contribution in [3.05, 3.63) is 29.6 Å². The molecule has 0 saturated carbocycles. The molecule has 5 nitrogen and oxygen atoms in total. The lowest BCUT2D eigenvalue weighted by molar-refractivity contribution is 0.0698. The molecule has 1 atom stereocenters. The number of imidazole rings is 1. The third-order valence-electron chi connectivity index (χ3n) is 3.36. The monoisotopic (exact) mass is 308 g/mol. The van der Waals surface area contributed by atoms with Crippen LogP contribution in [0.25, 0.3) is 11.0 Å². The minimum absolute atomic E-state index is 0.278. The van der Waals surface area contributed by atoms with Crippen molar-refractivity contribution in [2.75, 3.05) is 12.0 Å². The Balaban J connectivity index is 2.48. The van der Waals surface area contributed by atoms with Gasteiger partial charge in [-0.2, -0.15) is 0 Å². The molecule has 1 aromatic heterocycles. The topological polar surface area (TPSA) is 72.2 Å². The average Bonchev–Trinajstić information content (AvgIpc) is 2.76. The molecule has 0 radical (unpaired) electrons. The largest absolute Gasteiger partial charge is 0.478 e. The average molecular weight is 308 g/mol. The van der Waals surface area contributed by atoms with Crippen molar-refractivity contribution in [2.24, 2.45) is 0 Å². The molecule has 1 heterocycles. The summed E-state index contributed by atoms with van der Waals surface area (Å²) < 4.78 is 13.2. The molecule has 0 aliphatic heterocycles. The smallest absolute Gasteiger partial charge is 0.337 e. The van der Waals surface area contributed by atoms with Gasteiger partial charge in [0, 0.05) is 35.8 Å². The Morgan fingerprint density at radius 2 is 2.19 bits per heavy atom. The van der Waals surface area contributed by atoms with E-state index in [0.717, 1.165) is 30.6 Å². The van der Waals surface area contributed by atoms with Gasteiger partial charge in [-0.1, -0.05) is 13.0 Å². The van der Waals surface area contributed by atoms with Crippen molar-refractivity contribution in [2.45, 2.75) is 32.7 Å². The lowest BCUT2D eigenvalue weighted by atomic mass is 10.2. The summed E-state index contributed by atoms with van der Waals surface area (Å²) in [6.45, 7) is 2.72. The summed E-state index contributed by atoms with van der Waals surface area (Å²) >= 11 is 0. The standard InChI is InChI=1S/C15H20N2O3S/c1-3-6-13-16-12-8-4-7-11(15(18)19)14(12)17(13)9-5-10-21(2)20/h4,7-8H,3,5-6,9-10H2,1-2H3,(H,18,19). The normalized spacial score (nSPS) is 12.7. The molecule has 21 heavy (non-hydrogen) atoms. The van der Waals surface area contributed by atoms with E-state index in [1.54, 1.807) is 18.4 Å². The van der Waals surface area contributed by atoms with E-state index in [0.29, 0.717) is 17.8 Å². The molecule has 0 saturated heterocycles. The third-order valence-corrected chi connectivity index (χ3v) is 4.23. The van der Waals surface area contributed by atoms with E-state index in [1.165, 1.54) is 0 Å². The number of aryl methyl sites for hydroxylation is 2. The van der Waals surface area contributed by atoms with Crippen LogP contribution in [0.4, 0.5) is 0 Å². The van der Waals surface area contributed by atoms with Gasteiger partial charge in [-0.05, 0) is 25.0 Å². The van der Waals surface area contributed by atoms with Gasteiger partial charge >= 0.3 is 5.97 Å². The quantitative estimate of drug-likeness (QED) is 0.853. The molecule has 0 amide bonds. The van der Waals surface area contributed by atoms with Crippen LogP contribution in [0.3, 0.4) is 0 Å². The second kappa shape index (κ2) is 6.85. The summed E-state index contributed by atoms with van der Waals surface area (Å²) in [6.07, 6.45) is 4.19. The Bertz CT molecular complexity index is 679. The van der Waals surface area contributed by atoms with E-state index in [9.17, 15) is 14.1 Å². The number of aromatic carboxylic acids is 1.